The zero-order valence-corrected chi connectivity index (χ0v) is 13.9. The van der Waals surface area contributed by atoms with E-state index < -0.39 is 0 Å². The fourth-order valence-corrected chi connectivity index (χ4v) is 2.60. The van der Waals surface area contributed by atoms with Crippen LogP contribution in [0.25, 0.3) is 0 Å². The van der Waals surface area contributed by atoms with Crippen molar-refractivity contribution >= 4 is 11.8 Å². The third-order valence-electron chi connectivity index (χ3n) is 3.96. The molecule has 1 aromatic heterocycles. The fraction of sp³-hybridized carbons (Fsp3) is 0.158. The predicted molar refractivity (Wildman–Crippen MR) is 95.7 cm³/mol. The van der Waals surface area contributed by atoms with Gasteiger partial charge in [-0.25, -0.2) is 9.37 Å². The van der Waals surface area contributed by atoms with Gasteiger partial charge < -0.3 is 20.1 Å². The van der Waals surface area contributed by atoms with Gasteiger partial charge in [0, 0.05) is 24.8 Å². The molecule has 0 aliphatic carbocycles. The van der Waals surface area contributed by atoms with Gasteiger partial charge in [-0.1, -0.05) is 24.3 Å². The lowest BCUT2D eigenvalue weighted by Crippen LogP contribution is -2.07. The summed E-state index contributed by atoms with van der Waals surface area (Å²) in [6, 6.07) is 14.2. The molecule has 2 N–H and O–H groups in total. The lowest BCUT2D eigenvalue weighted by Gasteiger charge is -2.09. The Balaban J connectivity index is 1.37. The van der Waals surface area contributed by atoms with Crippen molar-refractivity contribution in [2.24, 2.45) is 0 Å². The van der Waals surface area contributed by atoms with Crippen molar-refractivity contribution in [3.63, 3.8) is 0 Å². The van der Waals surface area contributed by atoms with E-state index in [1.54, 1.807) is 30.5 Å². The van der Waals surface area contributed by atoms with Gasteiger partial charge in [-0.3, -0.25) is 0 Å². The summed E-state index contributed by atoms with van der Waals surface area (Å²) in [5, 5.41) is 6.28. The summed E-state index contributed by atoms with van der Waals surface area (Å²) in [5.41, 5.74) is 1.61. The molecule has 0 saturated carbocycles. The Hall–Kier alpha value is -3.35. The van der Waals surface area contributed by atoms with Crippen LogP contribution >= 0.6 is 0 Å². The topological polar surface area (TPSA) is 68.3 Å². The van der Waals surface area contributed by atoms with E-state index in [1.807, 2.05) is 18.2 Å². The second kappa shape index (κ2) is 7.26. The number of fused-ring (bicyclic) bond motifs is 1. The average Bonchev–Trinajstić information content (AvgIpc) is 3.14. The molecule has 0 radical (unpaired) electrons. The number of rotatable bonds is 6. The Morgan fingerprint density at radius 2 is 1.85 bits per heavy atom. The van der Waals surface area contributed by atoms with Crippen LogP contribution in [0.4, 0.5) is 16.2 Å². The summed E-state index contributed by atoms with van der Waals surface area (Å²) in [4.78, 5) is 8.60. The van der Waals surface area contributed by atoms with E-state index in [-0.39, 0.29) is 12.6 Å². The number of halogens is 1. The molecule has 4 rings (SSSR count). The van der Waals surface area contributed by atoms with Gasteiger partial charge in [-0.2, -0.15) is 4.98 Å². The SMILES string of the molecule is Fc1ccccc1CNc1ccnc(NCc2ccc3c(c2)OCO3)n1. The highest BCUT2D eigenvalue weighted by Gasteiger charge is 2.13. The molecule has 0 unspecified atom stereocenters. The van der Waals surface area contributed by atoms with Crippen LogP contribution in [0, 0.1) is 5.82 Å². The number of nitrogens with one attached hydrogen (secondary N) is 2. The third-order valence-corrected chi connectivity index (χ3v) is 3.96. The summed E-state index contributed by atoms with van der Waals surface area (Å²) < 4.78 is 24.3. The van der Waals surface area contributed by atoms with Gasteiger partial charge in [-0.05, 0) is 29.8 Å². The maximum Gasteiger partial charge on any atom is 0.231 e. The van der Waals surface area contributed by atoms with Crippen LogP contribution in [0.3, 0.4) is 0 Å². The second-order valence-electron chi connectivity index (χ2n) is 5.75. The molecule has 132 valence electrons. The van der Waals surface area contributed by atoms with E-state index in [4.69, 9.17) is 9.47 Å². The number of hydrogen-bond acceptors (Lipinski definition) is 6. The molecule has 1 aliphatic heterocycles. The van der Waals surface area contributed by atoms with Crippen molar-refractivity contribution < 1.29 is 13.9 Å². The molecule has 0 atom stereocenters. The minimum absolute atomic E-state index is 0.241. The van der Waals surface area contributed by atoms with E-state index in [1.165, 1.54) is 6.07 Å². The summed E-state index contributed by atoms with van der Waals surface area (Å²) in [7, 11) is 0. The zero-order valence-electron chi connectivity index (χ0n) is 13.9. The molecule has 0 bridgehead atoms. The summed E-state index contributed by atoms with van der Waals surface area (Å²) in [5.74, 6) is 2.36. The lowest BCUT2D eigenvalue weighted by molar-refractivity contribution is 0.174. The fourth-order valence-electron chi connectivity index (χ4n) is 2.60. The predicted octanol–water partition coefficient (Wildman–Crippen LogP) is 3.57. The molecule has 0 spiro atoms. The molecular weight excluding hydrogens is 335 g/mol. The molecule has 0 fully saturated rings. The lowest BCUT2D eigenvalue weighted by atomic mass is 10.2. The first kappa shape index (κ1) is 16.1. The van der Waals surface area contributed by atoms with E-state index in [2.05, 4.69) is 20.6 Å². The highest BCUT2D eigenvalue weighted by molar-refractivity contribution is 5.46. The minimum Gasteiger partial charge on any atom is -0.454 e. The number of ether oxygens (including phenoxy) is 2. The van der Waals surface area contributed by atoms with Crippen LogP contribution in [0.15, 0.2) is 54.7 Å². The van der Waals surface area contributed by atoms with E-state index in [0.717, 1.165) is 17.1 Å². The number of nitrogens with zero attached hydrogens (tertiary/aromatic N) is 2. The van der Waals surface area contributed by atoms with E-state index >= 15 is 0 Å². The normalized spacial score (nSPS) is 12.0. The Morgan fingerprint density at radius 1 is 0.962 bits per heavy atom. The molecule has 1 aliphatic rings. The summed E-state index contributed by atoms with van der Waals surface area (Å²) >= 11 is 0. The first-order valence-corrected chi connectivity index (χ1v) is 8.21. The summed E-state index contributed by atoms with van der Waals surface area (Å²) in [6.45, 7) is 1.16. The Bertz CT molecular complexity index is 920. The summed E-state index contributed by atoms with van der Waals surface area (Å²) in [6.07, 6.45) is 1.65. The van der Waals surface area contributed by atoms with Crippen molar-refractivity contribution in [1.82, 2.24) is 9.97 Å². The Morgan fingerprint density at radius 3 is 2.77 bits per heavy atom. The minimum atomic E-state index is -0.241. The van der Waals surface area contributed by atoms with Crippen molar-refractivity contribution in [1.29, 1.82) is 0 Å². The van der Waals surface area contributed by atoms with Crippen LogP contribution in [0.2, 0.25) is 0 Å². The third kappa shape index (κ3) is 3.66. The molecule has 6 nitrogen and oxygen atoms in total. The molecule has 2 aromatic carbocycles. The van der Waals surface area contributed by atoms with Crippen LogP contribution in [-0.4, -0.2) is 16.8 Å². The highest BCUT2D eigenvalue weighted by atomic mass is 19.1. The van der Waals surface area contributed by atoms with Gasteiger partial charge in [0.25, 0.3) is 0 Å². The van der Waals surface area contributed by atoms with Crippen molar-refractivity contribution in [3.8, 4) is 11.5 Å². The van der Waals surface area contributed by atoms with Gasteiger partial charge in [0.15, 0.2) is 11.5 Å². The van der Waals surface area contributed by atoms with Crippen molar-refractivity contribution in [3.05, 3.63) is 71.7 Å². The first-order valence-electron chi connectivity index (χ1n) is 8.21. The van der Waals surface area contributed by atoms with E-state index in [9.17, 15) is 4.39 Å². The number of anilines is 2. The molecular formula is C19H17FN4O2. The van der Waals surface area contributed by atoms with Crippen LogP contribution < -0.4 is 20.1 Å². The van der Waals surface area contributed by atoms with Crippen molar-refractivity contribution in [2.45, 2.75) is 13.1 Å². The molecule has 0 amide bonds. The standard InChI is InChI=1S/C19H17FN4O2/c20-15-4-2-1-3-14(15)11-22-18-7-8-21-19(24-18)23-10-13-5-6-16-17(9-13)26-12-25-16/h1-9H,10-12H2,(H2,21,22,23,24). The molecule has 2 heterocycles. The smallest absolute Gasteiger partial charge is 0.231 e. The van der Waals surface area contributed by atoms with Gasteiger partial charge >= 0.3 is 0 Å². The number of hydrogen-bond donors (Lipinski definition) is 2. The van der Waals surface area contributed by atoms with E-state index in [0.29, 0.717) is 30.4 Å². The number of benzene rings is 2. The largest absolute Gasteiger partial charge is 0.454 e. The van der Waals surface area contributed by atoms with Crippen molar-refractivity contribution in [2.75, 3.05) is 17.4 Å². The van der Waals surface area contributed by atoms with Crippen LogP contribution in [0.1, 0.15) is 11.1 Å². The average molecular weight is 352 g/mol. The first-order chi connectivity index (χ1) is 12.8. The van der Waals surface area contributed by atoms with Gasteiger partial charge in [0.05, 0.1) is 0 Å². The van der Waals surface area contributed by atoms with Crippen LogP contribution in [-0.2, 0) is 13.1 Å². The quantitative estimate of drug-likeness (QED) is 0.707. The van der Waals surface area contributed by atoms with Gasteiger partial charge in [0.2, 0.25) is 12.7 Å². The number of aromatic nitrogens is 2. The van der Waals surface area contributed by atoms with Gasteiger partial charge in [0.1, 0.15) is 11.6 Å². The highest BCUT2D eigenvalue weighted by Crippen LogP contribution is 2.32. The second-order valence-corrected chi connectivity index (χ2v) is 5.75. The maximum absolute atomic E-state index is 13.7. The molecule has 7 heteroatoms. The molecule has 0 saturated heterocycles. The van der Waals surface area contributed by atoms with Crippen LogP contribution in [0.5, 0.6) is 11.5 Å². The zero-order chi connectivity index (χ0) is 17.8. The molecule has 26 heavy (non-hydrogen) atoms. The Labute approximate surface area is 150 Å². The Kier molecular flexibility index (Phi) is 4.51. The maximum atomic E-state index is 13.7. The monoisotopic (exact) mass is 352 g/mol. The van der Waals surface area contributed by atoms with Gasteiger partial charge in [-0.15, -0.1) is 0 Å². The molecule has 3 aromatic rings.